The molecule has 320 valence electrons. The van der Waals surface area contributed by atoms with E-state index >= 15 is 0 Å². The molecule has 0 bridgehead atoms. The third-order valence-corrected chi connectivity index (χ3v) is 13.7. The number of nitrogens with zero attached hydrogens (tertiary/aromatic N) is 4. The highest BCUT2D eigenvalue weighted by Gasteiger charge is 2.23. The van der Waals surface area contributed by atoms with Crippen LogP contribution in [-0.2, 0) is 0 Å². The van der Waals surface area contributed by atoms with Crippen molar-refractivity contribution in [3.8, 4) is 67.7 Å². The Bertz CT molecular complexity index is 4300. The van der Waals surface area contributed by atoms with Crippen LogP contribution in [0.4, 0.5) is 0 Å². The molecule has 5 nitrogen and oxygen atoms in total. The van der Waals surface area contributed by atoms with Crippen molar-refractivity contribution in [2.45, 2.75) is 0 Å². The Labute approximate surface area is 396 Å². The maximum atomic E-state index is 6.78. The zero-order valence-electron chi connectivity index (χ0n) is 37.1. The fourth-order valence-electron chi connectivity index (χ4n) is 10.5. The summed E-state index contributed by atoms with van der Waals surface area (Å²) in [5.74, 6) is 1.83. The highest BCUT2D eigenvalue weighted by molar-refractivity contribution is 6.29. The first-order chi connectivity index (χ1) is 34.2. The number of benzene rings is 11. The van der Waals surface area contributed by atoms with Crippen LogP contribution in [0.5, 0.6) is 0 Å². The third kappa shape index (κ3) is 6.40. The quantitative estimate of drug-likeness (QED) is 0.156. The molecule has 0 aliphatic rings. The van der Waals surface area contributed by atoms with E-state index in [2.05, 4.69) is 188 Å². The predicted octanol–water partition coefficient (Wildman–Crippen LogP) is 16.9. The second kappa shape index (κ2) is 15.7. The van der Waals surface area contributed by atoms with E-state index in [4.69, 9.17) is 24.4 Å². The molecule has 0 amide bonds. The molecule has 0 radical (unpaired) electrons. The largest absolute Gasteiger partial charge is 0.456 e. The van der Waals surface area contributed by atoms with Gasteiger partial charge in [0.1, 0.15) is 11.2 Å². The molecule has 0 atom stereocenters. The van der Waals surface area contributed by atoms with Crippen LogP contribution in [-0.4, -0.2) is 19.9 Å². The lowest BCUT2D eigenvalue weighted by Gasteiger charge is -2.17. The Morgan fingerprint density at radius 1 is 0.246 bits per heavy atom. The van der Waals surface area contributed by atoms with Gasteiger partial charge in [-0.15, -0.1) is 0 Å². The summed E-state index contributed by atoms with van der Waals surface area (Å²) in [6.45, 7) is 0. The standard InChI is InChI=1S/C64H38N4O/c1-3-15-39(16-4-1)40-27-31-43(32-28-40)63-66-62(42-17-5-2-6-18-42)67-64(68-63)44-33-29-41(30-34-44)58-59-51-23-11-13-25-55(51)65-61(54(59)38-57-60(58)52-24-12-14-26-56(52)69-57)45-35-36-50-48-21-8-7-19-46(48)47-20-9-10-22-49(47)53(50)37-45/h1-38H. The average Bonchev–Trinajstić information content (AvgIpc) is 3.81. The highest BCUT2D eigenvalue weighted by Crippen LogP contribution is 2.47. The Morgan fingerprint density at radius 3 is 1.30 bits per heavy atom. The van der Waals surface area contributed by atoms with Crippen LogP contribution in [0.15, 0.2) is 235 Å². The lowest BCUT2D eigenvalue weighted by Crippen LogP contribution is -2.00. The molecule has 14 rings (SSSR count). The summed E-state index contributed by atoms with van der Waals surface area (Å²) in [6, 6.07) is 81.0. The molecular weight excluding hydrogens is 841 g/mol. The molecule has 3 aromatic heterocycles. The minimum absolute atomic E-state index is 0.600. The van der Waals surface area contributed by atoms with Crippen molar-refractivity contribution in [1.82, 2.24) is 19.9 Å². The molecule has 0 unspecified atom stereocenters. The normalized spacial score (nSPS) is 11.8. The minimum Gasteiger partial charge on any atom is -0.456 e. The molecule has 0 spiro atoms. The van der Waals surface area contributed by atoms with Gasteiger partial charge in [0.05, 0.1) is 11.2 Å². The van der Waals surface area contributed by atoms with Gasteiger partial charge in [0.25, 0.3) is 0 Å². The number of fused-ring (bicyclic) bond motifs is 12. The van der Waals surface area contributed by atoms with Crippen molar-refractivity contribution in [2.75, 3.05) is 0 Å². The van der Waals surface area contributed by atoms with Crippen LogP contribution in [0.25, 0.3) is 144 Å². The number of pyridine rings is 1. The number of hydrogen-bond acceptors (Lipinski definition) is 5. The van der Waals surface area contributed by atoms with E-state index in [0.29, 0.717) is 17.5 Å². The second-order valence-corrected chi connectivity index (χ2v) is 17.7. The van der Waals surface area contributed by atoms with Gasteiger partial charge in [-0.2, -0.15) is 0 Å². The van der Waals surface area contributed by atoms with Gasteiger partial charge in [-0.1, -0.05) is 206 Å². The summed E-state index contributed by atoms with van der Waals surface area (Å²) in [4.78, 5) is 20.8. The summed E-state index contributed by atoms with van der Waals surface area (Å²) in [7, 11) is 0. The summed E-state index contributed by atoms with van der Waals surface area (Å²) in [5, 5.41) is 12.7. The van der Waals surface area contributed by atoms with Gasteiger partial charge < -0.3 is 4.42 Å². The van der Waals surface area contributed by atoms with Gasteiger partial charge in [-0.25, -0.2) is 19.9 Å². The Balaban J connectivity index is 0.977. The number of aromatic nitrogens is 4. The minimum atomic E-state index is 0.600. The van der Waals surface area contributed by atoms with E-state index in [9.17, 15) is 0 Å². The van der Waals surface area contributed by atoms with E-state index in [-0.39, 0.29) is 0 Å². The van der Waals surface area contributed by atoms with Crippen molar-refractivity contribution in [1.29, 1.82) is 0 Å². The molecular formula is C64H38N4O. The van der Waals surface area contributed by atoms with Gasteiger partial charge in [0, 0.05) is 54.7 Å². The maximum absolute atomic E-state index is 6.78. The molecule has 5 heteroatoms. The van der Waals surface area contributed by atoms with Crippen molar-refractivity contribution in [3.05, 3.63) is 231 Å². The van der Waals surface area contributed by atoms with E-state index in [1.165, 1.54) is 32.3 Å². The van der Waals surface area contributed by atoms with Crippen LogP contribution in [0, 0.1) is 0 Å². The summed E-state index contributed by atoms with van der Waals surface area (Å²) in [6.07, 6.45) is 0. The van der Waals surface area contributed by atoms with Crippen molar-refractivity contribution in [2.24, 2.45) is 0 Å². The molecule has 3 heterocycles. The molecule has 11 aromatic carbocycles. The van der Waals surface area contributed by atoms with Gasteiger partial charge in [-0.05, 0) is 73.3 Å². The predicted molar refractivity (Wildman–Crippen MR) is 285 cm³/mol. The Morgan fingerprint density at radius 2 is 0.681 bits per heavy atom. The van der Waals surface area contributed by atoms with E-state index in [1.807, 2.05) is 42.5 Å². The molecule has 0 aliphatic carbocycles. The molecule has 0 N–H and O–H groups in total. The van der Waals surface area contributed by atoms with Crippen molar-refractivity contribution >= 4 is 75.9 Å². The third-order valence-electron chi connectivity index (χ3n) is 13.7. The van der Waals surface area contributed by atoms with Crippen LogP contribution in [0.3, 0.4) is 0 Å². The number of para-hydroxylation sites is 2. The van der Waals surface area contributed by atoms with Crippen molar-refractivity contribution < 1.29 is 4.42 Å². The summed E-state index contributed by atoms with van der Waals surface area (Å²) < 4.78 is 6.78. The lowest BCUT2D eigenvalue weighted by atomic mass is 9.88. The molecule has 0 saturated carbocycles. The molecule has 0 saturated heterocycles. The Hall–Kier alpha value is -9.32. The first-order valence-corrected chi connectivity index (χ1v) is 23.3. The second-order valence-electron chi connectivity index (χ2n) is 17.7. The number of rotatable bonds is 6. The Kier molecular flexibility index (Phi) is 8.83. The van der Waals surface area contributed by atoms with E-state index in [1.54, 1.807) is 0 Å². The molecule has 14 aromatic rings. The topological polar surface area (TPSA) is 64.7 Å². The highest BCUT2D eigenvalue weighted by atomic mass is 16.3. The zero-order chi connectivity index (χ0) is 45.4. The number of hydrogen-bond donors (Lipinski definition) is 0. The van der Waals surface area contributed by atoms with Gasteiger partial charge in [-0.3, -0.25) is 0 Å². The summed E-state index contributed by atoms with van der Waals surface area (Å²) >= 11 is 0. The van der Waals surface area contributed by atoms with Gasteiger partial charge in [0.2, 0.25) is 0 Å². The monoisotopic (exact) mass is 878 g/mol. The smallest absolute Gasteiger partial charge is 0.164 e. The molecule has 0 aliphatic heterocycles. The van der Waals surface area contributed by atoms with Gasteiger partial charge in [0.15, 0.2) is 17.5 Å². The SMILES string of the molecule is c1ccc(-c2ccc(-c3nc(-c4ccccc4)nc(-c4ccc(-c5c6c(cc7c(-c8ccc9c%10ccccc%10c%10ccccc%10c9c8)nc8ccccc8c57)oc5ccccc56)cc4)n3)cc2)cc1. The first-order valence-electron chi connectivity index (χ1n) is 23.3. The summed E-state index contributed by atoms with van der Waals surface area (Å²) in [5.41, 5.74) is 11.7. The van der Waals surface area contributed by atoms with E-state index < -0.39 is 0 Å². The van der Waals surface area contributed by atoms with Crippen molar-refractivity contribution in [3.63, 3.8) is 0 Å². The lowest BCUT2D eigenvalue weighted by molar-refractivity contribution is 0.669. The van der Waals surface area contributed by atoms with E-state index in [0.717, 1.165) is 93.8 Å². The van der Waals surface area contributed by atoms with Crippen LogP contribution in [0.1, 0.15) is 0 Å². The maximum Gasteiger partial charge on any atom is 0.164 e. The average molecular weight is 879 g/mol. The molecule has 0 fully saturated rings. The number of furan rings is 1. The first kappa shape index (κ1) is 38.9. The fraction of sp³-hybridized carbons (Fsp3) is 0. The molecule has 69 heavy (non-hydrogen) atoms. The zero-order valence-corrected chi connectivity index (χ0v) is 37.1. The van der Waals surface area contributed by atoms with Crippen LogP contribution < -0.4 is 0 Å². The fourth-order valence-corrected chi connectivity index (χ4v) is 10.5. The van der Waals surface area contributed by atoms with Crippen LogP contribution in [0.2, 0.25) is 0 Å². The van der Waals surface area contributed by atoms with Crippen LogP contribution >= 0.6 is 0 Å². The van der Waals surface area contributed by atoms with Gasteiger partial charge >= 0.3 is 0 Å².